The maximum Gasteiger partial charge on any atom is 0.00275 e. The molecule has 0 amide bonds. The Morgan fingerprint density at radius 1 is 1.17 bits per heavy atom. The molecular weight excluding hydrogens is 146 g/mol. The molecule has 0 saturated heterocycles. The molecule has 1 heteroatoms. The quantitative estimate of drug-likeness (QED) is 0.635. The monoisotopic (exact) mass is 169 g/mol. The molecule has 0 aromatic carbocycles. The van der Waals surface area contributed by atoms with E-state index >= 15 is 0 Å². The first-order valence-electron chi connectivity index (χ1n) is 4.90. The van der Waals surface area contributed by atoms with Crippen molar-refractivity contribution in [2.24, 2.45) is 5.41 Å². The van der Waals surface area contributed by atoms with Crippen LogP contribution in [0.15, 0.2) is 12.8 Å². The van der Waals surface area contributed by atoms with Crippen LogP contribution in [-0.4, -0.2) is 7.05 Å². The summed E-state index contributed by atoms with van der Waals surface area (Å²) < 4.78 is 0. The van der Waals surface area contributed by atoms with Gasteiger partial charge in [-0.25, -0.2) is 0 Å². The molecule has 0 unspecified atom stereocenters. The predicted molar refractivity (Wildman–Crippen MR) is 56.1 cm³/mol. The van der Waals surface area contributed by atoms with Crippen molar-refractivity contribution >= 4 is 0 Å². The van der Waals surface area contributed by atoms with Crippen molar-refractivity contribution in [3.05, 3.63) is 12.8 Å². The molecule has 1 aliphatic carbocycles. The molecule has 1 fully saturated rings. The van der Waals surface area contributed by atoms with Gasteiger partial charge in [-0.3, -0.25) is 0 Å². The van der Waals surface area contributed by atoms with Gasteiger partial charge in [-0.15, -0.1) is 0 Å². The second-order valence-electron chi connectivity index (χ2n) is 4.22. The fraction of sp³-hybridized carbons (Fsp3) is 0.818. The van der Waals surface area contributed by atoms with Crippen molar-refractivity contribution in [1.82, 2.24) is 5.32 Å². The van der Waals surface area contributed by atoms with Gasteiger partial charge in [0.1, 0.15) is 0 Å². The standard InChI is InChI=1S/C8H16.C3H7N/c1-8(2)6-4-3-5-7-8;1-3-4-2/h3-7H2,1-2H3;3-4H,1H2,2H3. The maximum atomic E-state index is 3.37. The minimum absolute atomic E-state index is 0.679. The summed E-state index contributed by atoms with van der Waals surface area (Å²) in [4.78, 5) is 0. The summed E-state index contributed by atoms with van der Waals surface area (Å²) in [5.74, 6) is 0. The molecule has 0 aromatic heterocycles. The summed E-state index contributed by atoms with van der Waals surface area (Å²) in [6.45, 7) is 8.13. The van der Waals surface area contributed by atoms with Gasteiger partial charge in [0.15, 0.2) is 0 Å². The lowest BCUT2D eigenvalue weighted by atomic mass is 9.78. The van der Waals surface area contributed by atoms with E-state index in [9.17, 15) is 0 Å². The molecule has 0 aliphatic heterocycles. The number of hydrogen-bond donors (Lipinski definition) is 1. The Kier molecular flexibility index (Phi) is 5.87. The summed E-state index contributed by atoms with van der Waals surface area (Å²) >= 11 is 0. The summed E-state index contributed by atoms with van der Waals surface area (Å²) in [6.07, 6.45) is 8.93. The van der Waals surface area contributed by atoms with Crippen LogP contribution >= 0.6 is 0 Å². The number of nitrogens with one attached hydrogen (secondary N) is 1. The average Bonchev–Trinajstić information content (AvgIpc) is 2.05. The van der Waals surface area contributed by atoms with E-state index in [-0.39, 0.29) is 0 Å². The number of rotatable bonds is 1. The first-order valence-corrected chi connectivity index (χ1v) is 4.90. The molecule has 72 valence electrons. The third kappa shape index (κ3) is 6.26. The normalized spacial score (nSPS) is 20.2. The minimum atomic E-state index is 0.679. The van der Waals surface area contributed by atoms with Crippen molar-refractivity contribution in [1.29, 1.82) is 0 Å². The van der Waals surface area contributed by atoms with Crippen molar-refractivity contribution < 1.29 is 0 Å². The molecule has 1 aliphatic rings. The molecule has 0 atom stereocenters. The van der Waals surface area contributed by atoms with Crippen molar-refractivity contribution in [3.8, 4) is 0 Å². The zero-order valence-corrected chi connectivity index (χ0v) is 8.82. The average molecular weight is 169 g/mol. The lowest BCUT2D eigenvalue weighted by molar-refractivity contribution is 0.244. The van der Waals surface area contributed by atoms with Gasteiger partial charge in [0, 0.05) is 7.05 Å². The second kappa shape index (κ2) is 6.10. The van der Waals surface area contributed by atoms with E-state index < -0.39 is 0 Å². The molecule has 12 heavy (non-hydrogen) atoms. The third-order valence-electron chi connectivity index (χ3n) is 2.41. The van der Waals surface area contributed by atoms with Crippen LogP contribution in [0.4, 0.5) is 0 Å². The highest BCUT2D eigenvalue weighted by Crippen LogP contribution is 2.34. The largest absolute Gasteiger partial charge is 0.394 e. The Bertz CT molecular complexity index is 108. The fourth-order valence-electron chi connectivity index (χ4n) is 1.51. The third-order valence-corrected chi connectivity index (χ3v) is 2.41. The lowest BCUT2D eigenvalue weighted by Crippen LogP contribution is -2.14. The lowest BCUT2D eigenvalue weighted by Gasteiger charge is -2.28. The van der Waals surface area contributed by atoms with E-state index in [1.807, 2.05) is 7.05 Å². The first-order chi connectivity index (χ1) is 5.62. The Hall–Kier alpha value is -0.460. The van der Waals surface area contributed by atoms with Crippen LogP contribution in [0.1, 0.15) is 46.0 Å². The molecule has 0 bridgehead atoms. The van der Waals surface area contributed by atoms with E-state index in [2.05, 4.69) is 25.7 Å². The summed E-state index contributed by atoms with van der Waals surface area (Å²) in [6, 6.07) is 0. The Morgan fingerprint density at radius 2 is 1.58 bits per heavy atom. The van der Waals surface area contributed by atoms with E-state index in [0.29, 0.717) is 5.41 Å². The van der Waals surface area contributed by atoms with Gasteiger partial charge in [-0.2, -0.15) is 0 Å². The highest BCUT2D eigenvalue weighted by Gasteiger charge is 2.19. The summed E-state index contributed by atoms with van der Waals surface area (Å²) in [5.41, 5.74) is 0.679. The smallest absolute Gasteiger partial charge is 0.00275 e. The summed E-state index contributed by atoms with van der Waals surface area (Å²) in [7, 11) is 1.81. The molecule has 1 rings (SSSR count). The Morgan fingerprint density at radius 3 is 1.75 bits per heavy atom. The van der Waals surface area contributed by atoms with Crippen molar-refractivity contribution in [2.45, 2.75) is 46.0 Å². The first kappa shape index (κ1) is 11.5. The zero-order chi connectivity index (χ0) is 9.45. The van der Waals surface area contributed by atoms with Gasteiger partial charge in [0.05, 0.1) is 0 Å². The molecule has 0 radical (unpaired) electrons. The molecule has 0 aromatic rings. The highest BCUT2D eigenvalue weighted by molar-refractivity contribution is 4.72. The van der Waals surface area contributed by atoms with Crippen LogP contribution < -0.4 is 5.32 Å². The van der Waals surface area contributed by atoms with E-state index in [1.54, 1.807) is 6.20 Å². The van der Waals surface area contributed by atoms with Gasteiger partial charge in [0.2, 0.25) is 0 Å². The summed E-state index contributed by atoms with van der Waals surface area (Å²) in [5, 5.41) is 2.69. The van der Waals surface area contributed by atoms with Gasteiger partial charge < -0.3 is 5.32 Å². The molecule has 0 spiro atoms. The van der Waals surface area contributed by atoms with Crippen molar-refractivity contribution in [3.63, 3.8) is 0 Å². The number of hydrogen-bond acceptors (Lipinski definition) is 1. The molecule has 1 saturated carbocycles. The van der Waals surface area contributed by atoms with E-state index in [1.165, 1.54) is 32.1 Å². The molecule has 1 nitrogen and oxygen atoms in total. The topological polar surface area (TPSA) is 12.0 Å². The van der Waals surface area contributed by atoms with Gasteiger partial charge in [0.25, 0.3) is 0 Å². The minimum Gasteiger partial charge on any atom is -0.394 e. The highest BCUT2D eigenvalue weighted by atomic mass is 14.8. The maximum absolute atomic E-state index is 3.37. The van der Waals surface area contributed by atoms with Crippen LogP contribution in [0.2, 0.25) is 0 Å². The van der Waals surface area contributed by atoms with Crippen LogP contribution in [0, 0.1) is 5.41 Å². The molecule has 0 heterocycles. The van der Waals surface area contributed by atoms with E-state index in [0.717, 1.165) is 0 Å². The van der Waals surface area contributed by atoms with Gasteiger partial charge >= 0.3 is 0 Å². The van der Waals surface area contributed by atoms with Crippen molar-refractivity contribution in [2.75, 3.05) is 7.05 Å². The second-order valence-corrected chi connectivity index (χ2v) is 4.22. The van der Waals surface area contributed by atoms with Crippen LogP contribution in [-0.2, 0) is 0 Å². The van der Waals surface area contributed by atoms with Crippen LogP contribution in [0.5, 0.6) is 0 Å². The van der Waals surface area contributed by atoms with Gasteiger partial charge in [-0.05, 0) is 24.5 Å². The molecule has 1 N–H and O–H groups in total. The van der Waals surface area contributed by atoms with Gasteiger partial charge in [-0.1, -0.05) is 39.7 Å². The Labute approximate surface area is 77.2 Å². The van der Waals surface area contributed by atoms with Crippen LogP contribution in [0.3, 0.4) is 0 Å². The fourth-order valence-corrected chi connectivity index (χ4v) is 1.51. The Balaban J connectivity index is 0.000000261. The molecular formula is C11H23N. The van der Waals surface area contributed by atoms with Crippen LogP contribution in [0.25, 0.3) is 0 Å². The zero-order valence-electron chi connectivity index (χ0n) is 8.82. The van der Waals surface area contributed by atoms with E-state index in [4.69, 9.17) is 0 Å². The SMILES string of the molecule is C=CNC.CC1(C)CCCCC1. The predicted octanol–water partition coefficient (Wildman–Crippen LogP) is 3.33.